The third-order valence-corrected chi connectivity index (χ3v) is 1.55. The molecular formula is C10H13FO3. The largest absolute Gasteiger partial charge is 0.490 e. The van der Waals surface area contributed by atoms with E-state index in [-0.39, 0.29) is 19.0 Å². The number of hydrogen-bond donors (Lipinski definition) is 1. The Morgan fingerprint density at radius 3 is 2.71 bits per heavy atom. The van der Waals surface area contributed by atoms with Crippen molar-refractivity contribution in [3.63, 3.8) is 0 Å². The summed E-state index contributed by atoms with van der Waals surface area (Å²) in [6.45, 7) is 2.34. The summed E-state index contributed by atoms with van der Waals surface area (Å²) in [5.74, 6) is 0.421. The van der Waals surface area contributed by atoms with Crippen molar-refractivity contribution in [3.8, 4) is 11.5 Å². The monoisotopic (exact) mass is 200 g/mol. The first-order valence-corrected chi connectivity index (χ1v) is 4.44. The van der Waals surface area contributed by atoms with E-state index in [1.165, 1.54) is 18.2 Å². The highest BCUT2D eigenvalue weighted by molar-refractivity contribution is 5.40. The van der Waals surface area contributed by atoms with Crippen molar-refractivity contribution in [2.45, 2.75) is 6.92 Å². The number of ether oxygens (including phenoxy) is 2. The molecule has 0 unspecified atom stereocenters. The first-order valence-electron chi connectivity index (χ1n) is 4.44. The van der Waals surface area contributed by atoms with Gasteiger partial charge in [-0.2, -0.15) is 0 Å². The Morgan fingerprint density at radius 1 is 1.29 bits per heavy atom. The quantitative estimate of drug-likeness (QED) is 0.784. The zero-order chi connectivity index (χ0) is 10.4. The predicted molar refractivity (Wildman–Crippen MR) is 50.1 cm³/mol. The Labute approximate surface area is 82.1 Å². The van der Waals surface area contributed by atoms with Gasteiger partial charge in [0.05, 0.1) is 13.2 Å². The molecule has 0 saturated carbocycles. The molecule has 1 aromatic rings. The average molecular weight is 200 g/mol. The molecule has 0 saturated heterocycles. The molecule has 0 atom stereocenters. The number of aliphatic hydroxyl groups is 1. The van der Waals surface area contributed by atoms with E-state index in [0.717, 1.165) is 0 Å². The summed E-state index contributed by atoms with van der Waals surface area (Å²) in [4.78, 5) is 0. The molecule has 0 radical (unpaired) electrons. The molecule has 0 spiro atoms. The lowest BCUT2D eigenvalue weighted by molar-refractivity contribution is 0.194. The minimum atomic E-state index is -0.388. The fourth-order valence-electron chi connectivity index (χ4n) is 1.03. The Hall–Kier alpha value is -1.29. The lowest BCUT2D eigenvalue weighted by atomic mass is 10.3. The third-order valence-electron chi connectivity index (χ3n) is 1.55. The Balaban J connectivity index is 2.79. The minimum absolute atomic E-state index is 0.109. The number of rotatable bonds is 5. The summed E-state index contributed by atoms with van der Waals surface area (Å²) in [6, 6.07) is 4.04. The number of halogens is 1. The van der Waals surface area contributed by atoms with Gasteiger partial charge in [-0.15, -0.1) is 0 Å². The first-order chi connectivity index (χ1) is 6.77. The standard InChI is InChI=1S/C10H13FO3/c1-2-13-9-4-3-8(11)7-10(9)14-6-5-12/h3-4,7,12H,2,5-6H2,1H3. The smallest absolute Gasteiger partial charge is 0.164 e. The second-order valence-corrected chi connectivity index (χ2v) is 2.60. The molecule has 0 aliphatic rings. The van der Waals surface area contributed by atoms with E-state index in [4.69, 9.17) is 14.6 Å². The molecule has 0 bridgehead atoms. The van der Waals surface area contributed by atoms with Crippen molar-refractivity contribution < 1.29 is 19.0 Å². The molecule has 0 heterocycles. The molecule has 0 amide bonds. The Bertz CT molecular complexity index is 289. The maximum absolute atomic E-state index is 12.8. The molecule has 4 heteroatoms. The van der Waals surface area contributed by atoms with Crippen LogP contribution in [0.2, 0.25) is 0 Å². The van der Waals surface area contributed by atoms with E-state index in [2.05, 4.69) is 0 Å². The van der Waals surface area contributed by atoms with Crippen LogP contribution in [0.3, 0.4) is 0 Å². The van der Waals surface area contributed by atoms with Gasteiger partial charge in [-0.1, -0.05) is 0 Å². The second-order valence-electron chi connectivity index (χ2n) is 2.60. The van der Waals surface area contributed by atoms with Crippen molar-refractivity contribution >= 4 is 0 Å². The summed E-state index contributed by atoms with van der Waals surface area (Å²) in [5, 5.41) is 8.56. The maximum atomic E-state index is 12.8. The molecular weight excluding hydrogens is 187 g/mol. The van der Waals surface area contributed by atoms with Gasteiger partial charge in [-0.05, 0) is 19.1 Å². The lowest BCUT2D eigenvalue weighted by Crippen LogP contribution is -2.04. The zero-order valence-electron chi connectivity index (χ0n) is 8.00. The van der Waals surface area contributed by atoms with Crippen LogP contribution in [-0.4, -0.2) is 24.9 Å². The molecule has 3 nitrogen and oxygen atoms in total. The van der Waals surface area contributed by atoms with Gasteiger partial charge in [0.1, 0.15) is 12.4 Å². The summed E-state index contributed by atoms with van der Waals surface area (Å²) in [7, 11) is 0. The normalized spacial score (nSPS) is 9.93. The number of aliphatic hydroxyl groups excluding tert-OH is 1. The molecule has 0 aromatic heterocycles. The van der Waals surface area contributed by atoms with Crippen LogP contribution in [0.4, 0.5) is 4.39 Å². The minimum Gasteiger partial charge on any atom is -0.490 e. The van der Waals surface area contributed by atoms with Gasteiger partial charge < -0.3 is 14.6 Å². The SMILES string of the molecule is CCOc1ccc(F)cc1OCCO. The van der Waals surface area contributed by atoms with Crippen molar-refractivity contribution in [2.75, 3.05) is 19.8 Å². The van der Waals surface area contributed by atoms with E-state index in [9.17, 15) is 4.39 Å². The van der Waals surface area contributed by atoms with Gasteiger partial charge in [0.15, 0.2) is 11.5 Å². The summed E-state index contributed by atoms with van der Waals surface area (Å²) >= 11 is 0. The van der Waals surface area contributed by atoms with Crippen LogP contribution in [0, 0.1) is 5.82 Å². The van der Waals surface area contributed by atoms with Crippen LogP contribution in [0.15, 0.2) is 18.2 Å². The molecule has 14 heavy (non-hydrogen) atoms. The fraction of sp³-hybridized carbons (Fsp3) is 0.400. The highest BCUT2D eigenvalue weighted by Crippen LogP contribution is 2.27. The fourth-order valence-corrected chi connectivity index (χ4v) is 1.03. The first kappa shape index (κ1) is 10.8. The molecule has 1 rings (SSSR count). The van der Waals surface area contributed by atoms with Crippen molar-refractivity contribution in [1.29, 1.82) is 0 Å². The van der Waals surface area contributed by atoms with Crippen molar-refractivity contribution in [1.82, 2.24) is 0 Å². The van der Waals surface area contributed by atoms with Gasteiger partial charge in [-0.25, -0.2) is 4.39 Å². The Kier molecular flexibility index (Phi) is 4.19. The van der Waals surface area contributed by atoms with Crippen molar-refractivity contribution in [2.24, 2.45) is 0 Å². The van der Waals surface area contributed by atoms with E-state index < -0.39 is 0 Å². The van der Waals surface area contributed by atoms with Crippen LogP contribution < -0.4 is 9.47 Å². The number of benzene rings is 1. The third kappa shape index (κ3) is 2.88. The van der Waals surface area contributed by atoms with E-state index in [1.54, 1.807) is 0 Å². The van der Waals surface area contributed by atoms with Gasteiger partial charge in [-0.3, -0.25) is 0 Å². The molecule has 78 valence electrons. The second kappa shape index (κ2) is 5.44. The summed E-state index contributed by atoms with van der Waals surface area (Å²) in [5.41, 5.74) is 0. The topological polar surface area (TPSA) is 38.7 Å². The van der Waals surface area contributed by atoms with Crippen LogP contribution in [0.5, 0.6) is 11.5 Å². The van der Waals surface area contributed by atoms with Gasteiger partial charge in [0.25, 0.3) is 0 Å². The molecule has 0 aliphatic heterocycles. The molecule has 0 fully saturated rings. The molecule has 0 aliphatic carbocycles. The van der Waals surface area contributed by atoms with Gasteiger partial charge >= 0.3 is 0 Å². The lowest BCUT2D eigenvalue weighted by Gasteiger charge is -2.10. The molecule has 1 N–H and O–H groups in total. The Morgan fingerprint density at radius 2 is 2.07 bits per heavy atom. The van der Waals surface area contributed by atoms with Crippen LogP contribution in [-0.2, 0) is 0 Å². The highest BCUT2D eigenvalue weighted by Gasteiger charge is 2.05. The summed E-state index contributed by atoms with van der Waals surface area (Å²) < 4.78 is 23.1. The van der Waals surface area contributed by atoms with Crippen LogP contribution >= 0.6 is 0 Å². The number of hydrogen-bond acceptors (Lipinski definition) is 3. The summed E-state index contributed by atoms with van der Waals surface area (Å²) in [6.07, 6.45) is 0. The van der Waals surface area contributed by atoms with E-state index in [0.29, 0.717) is 18.1 Å². The van der Waals surface area contributed by atoms with Gasteiger partial charge in [0, 0.05) is 6.07 Å². The predicted octanol–water partition coefficient (Wildman–Crippen LogP) is 1.60. The van der Waals surface area contributed by atoms with Crippen LogP contribution in [0.1, 0.15) is 6.92 Å². The van der Waals surface area contributed by atoms with E-state index in [1.807, 2.05) is 6.92 Å². The van der Waals surface area contributed by atoms with Gasteiger partial charge in [0.2, 0.25) is 0 Å². The maximum Gasteiger partial charge on any atom is 0.164 e. The van der Waals surface area contributed by atoms with Crippen LogP contribution in [0.25, 0.3) is 0 Å². The average Bonchev–Trinajstić information content (AvgIpc) is 2.18. The zero-order valence-corrected chi connectivity index (χ0v) is 8.00. The molecule has 1 aromatic carbocycles. The highest BCUT2D eigenvalue weighted by atomic mass is 19.1. The van der Waals surface area contributed by atoms with E-state index >= 15 is 0 Å². The van der Waals surface area contributed by atoms with Crippen molar-refractivity contribution in [3.05, 3.63) is 24.0 Å².